The normalized spacial score (nSPS) is 9.79. The minimum absolute atomic E-state index is 0.0230. The molecule has 0 saturated heterocycles. The third-order valence-corrected chi connectivity index (χ3v) is 2.74. The van der Waals surface area contributed by atoms with Crippen LogP contribution in [0.1, 0.15) is 19.4 Å². The molecule has 5 heteroatoms. The summed E-state index contributed by atoms with van der Waals surface area (Å²) in [5.74, 6) is -0.486. The molecule has 0 atom stereocenters. The topological polar surface area (TPSA) is 33.1 Å². The SMILES string of the molecule is CC.OCc1cc(Cl)nc(-c2ccc(F)c(Cl)c2)c1. The molecule has 0 aliphatic carbocycles. The number of halogens is 3. The fraction of sp³-hybridized carbons (Fsp3) is 0.214. The van der Waals surface area contributed by atoms with Gasteiger partial charge in [0.05, 0.1) is 17.3 Å². The summed E-state index contributed by atoms with van der Waals surface area (Å²) in [5, 5.41) is 9.35. The van der Waals surface area contributed by atoms with Gasteiger partial charge in [0.2, 0.25) is 0 Å². The van der Waals surface area contributed by atoms with Crippen LogP contribution in [0.25, 0.3) is 11.3 Å². The Morgan fingerprint density at radius 1 is 1.16 bits per heavy atom. The van der Waals surface area contributed by atoms with Crippen molar-refractivity contribution >= 4 is 23.2 Å². The van der Waals surface area contributed by atoms with Gasteiger partial charge in [-0.1, -0.05) is 37.0 Å². The smallest absolute Gasteiger partial charge is 0.141 e. The molecule has 0 bridgehead atoms. The van der Waals surface area contributed by atoms with Gasteiger partial charge in [-0.25, -0.2) is 9.37 Å². The lowest BCUT2D eigenvalue weighted by Gasteiger charge is -2.05. The van der Waals surface area contributed by atoms with E-state index < -0.39 is 5.82 Å². The van der Waals surface area contributed by atoms with Crippen LogP contribution in [-0.4, -0.2) is 10.1 Å². The van der Waals surface area contributed by atoms with Crippen molar-refractivity contribution in [2.45, 2.75) is 20.5 Å². The van der Waals surface area contributed by atoms with Crippen molar-refractivity contribution in [3.63, 3.8) is 0 Å². The number of hydrogen-bond donors (Lipinski definition) is 1. The number of hydrogen-bond acceptors (Lipinski definition) is 2. The first-order chi connectivity index (χ1) is 9.10. The van der Waals surface area contributed by atoms with Gasteiger partial charge in [-0.3, -0.25) is 0 Å². The number of aliphatic hydroxyl groups excluding tert-OH is 1. The summed E-state index contributed by atoms with van der Waals surface area (Å²) in [4.78, 5) is 4.10. The number of nitrogens with zero attached hydrogens (tertiary/aromatic N) is 1. The summed E-state index contributed by atoms with van der Waals surface area (Å²) in [6.45, 7) is 3.87. The second kappa shape index (κ2) is 7.43. The fourth-order valence-electron chi connectivity index (χ4n) is 1.44. The summed E-state index contributed by atoms with van der Waals surface area (Å²) in [6, 6.07) is 7.53. The Labute approximate surface area is 121 Å². The highest BCUT2D eigenvalue weighted by Crippen LogP contribution is 2.25. The molecule has 2 rings (SSSR count). The molecule has 0 spiro atoms. The Balaban J connectivity index is 0.000000861. The van der Waals surface area contributed by atoms with E-state index in [4.69, 9.17) is 28.3 Å². The lowest BCUT2D eigenvalue weighted by molar-refractivity contribution is 0.282. The van der Waals surface area contributed by atoms with E-state index in [1.165, 1.54) is 12.1 Å². The molecule has 19 heavy (non-hydrogen) atoms. The minimum Gasteiger partial charge on any atom is -0.392 e. The highest BCUT2D eigenvalue weighted by molar-refractivity contribution is 6.31. The van der Waals surface area contributed by atoms with E-state index in [1.54, 1.807) is 18.2 Å². The average Bonchev–Trinajstić information content (AvgIpc) is 2.43. The summed E-state index contributed by atoms with van der Waals surface area (Å²) in [7, 11) is 0. The van der Waals surface area contributed by atoms with Crippen LogP contribution in [0.2, 0.25) is 10.2 Å². The molecule has 2 aromatic rings. The van der Waals surface area contributed by atoms with Gasteiger partial charge in [-0.15, -0.1) is 0 Å². The van der Waals surface area contributed by atoms with E-state index in [0.29, 0.717) is 16.8 Å². The first-order valence-corrected chi connectivity index (χ1v) is 6.58. The van der Waals surface area contributed by atoms with Crippen LogP contribution in [0.3, 0.4) is 0 Å². The number of benzene rings is 1. The molecule has 0 fully saturated rings. The molecular formula is C14H14Cl2FNO. The molecule has 102 valence electrons. The molecule has 1 N–H and O–H groups in total. The molecule has 0 radical (unpaired) electrons. The predicted molar refractivity (Wildman–Crippen MR) is 76.9 cm³/mol. The van der Waals surface area contributed by atoms with Crippen molar-refractivity contribution in [3.05, 3.63) is 51.9 Å². The summed E-state index contributed by atoms with van der Waals surface area (Å²) >= 11 is 11.5. The van der Waals surface area contributed by atoms with E-state index >= 15 is 0 Å². The van der Waals surface area contributed by atoms with E-state index in [0.717, 1.165) is 0 Å². The lowest BCUT2D eigenvalue weighted by Crippen LogP contribution is -1.90. The highest BCUT2D eigenvalue weighted by atomic mass is 35.5. The van der Waals surface area contributed by atoms with Crippen molar-refractivity contribution < 1.29 is 9.50 Å². The lowest BCUT2D eigenvalue weighted by atomic mass is 10.1. The van der Waals surface area contributed by atoms with Gasteiger partial charge >= 0.3 is 0 Å². The standard InChI is InChI=1S/C12H8Cl2FNO.C2H6/c13-9-5-8(1-2-10(9)15)11-3-7(6-17)4-12(14)16-11;1-2/h1-5,17H,6H2;1-2H3. The van der Waals surface area contributed by atoms with Crippen molar-refractivity contribution in [3.8, 4) is 11.3 Å². The maximum absolute atomic E-state index is 13.0. The highest BCUT2D eigenvalue weighted by Gasteiger charge is 2.06. The Kier molecular flexibility index (Phi) is 6.22. The molecule has 0 saturated carbocycles. The molecule has 1 aromatic carbocycles. The monoisotopic (exact) mass is 301 g/mol. The molecule has 2 nitrogen and oxygen atoms in total. The third-order valence-electron chi connectivity index (χ3n) is 2.25. The Bertz CT molecular complexity index is 561. The van der Waals surface area contributed by atoms with Crippen LogP contribution in [0, 0.1) is 5.82 Å². The van der Waals surface area contributed by atoms with Crippen LogP contribution in [-0.2, 0) is 6.61 Å². The molecule has 0 aliphatic heterocycles. The summed E-state index contributed by atoms with van der Waals surface area (Å²) in [5.41, 5.74) is 1.83. The van der Waals surface area contributed by atoms with Gasteiger partial charge in [0.1, 0.15) is 11.0 Å². The van der Waals surface area contributed by atoms with Gasteiger partial charge in [0.25, 0.3) is 0 Å². The Hall–Kier alpha value is -1.16. The average molecular weight is 302 g/mol. The molecule has 0 aliphatic rings. The molecule has 1 heterocycles. The van der Waals surface area contributed by atoms with Gasteiger partial charge < -0.3 is 5.11 Å². The molecule has 0 amide bonds. The van der Waals surface area contributed by atoms with Crippen LogP contribution in [0.5, 0.6) is 0 Å². The molecular weight excluding hydrogens is 288 g/mol. The van der Waals surface area contributed by atoms with E-state index in [1.807, 2.05) is 13.8 Å². The van der Waals surface area contributed by atoms with E-state index in [9.17, 15) is 4.39 Å². The maximum atomic E-state index is 13.0. The number of aromatic nitrogens is 1. The minimum atomic E-state index is -0.486. The van der Waals surface area contributed by atoms with Crippen molar-refractivity contribution in [2.24, 2.45) is 0 Å². The number of pyridine rings is 1. The predicted octanol–water partition coefficient (Wildman–Crippen LogP) is 4.71. The van der Waals surface area contributed by atoms with Gasteiger partial charge in [0.15, 0.2) is 0 Å². The van der Waals surface area contributed by atoms with Crippen LogP contribution < -0.4 is 0 Å². The van der Waals surface area contributed by atoms with E-state index in [2.05, 4.69) is 4.98 Å². The maximum Gasteiger partial charge on any atom is 0.141 e. The zero-order valence-electron chi connectivity index (χ0n) is 10.6. The zero-order valence-corrected chi connectivity index (χ0v) is 12.1. The largest absolute Gasteiger partial charge is 0.392 e. The first kappa shape index (κ1) is 15.9. The third kappa shape index (κ3) is 4.16. The number of rotatable bonds is 2. The van der Waals surface area contributed by atoms with Gasteiger partial charge in [-0.2, -0.15) is 0 Å². The molecule has 1 aromatic heterocycles. The van der Waals surface area contributed by atoms with Crippen molar-refractivity contribution in [1.82, 2.24) is 4.98 Å². The summed E-state index contributed by atoms with van der Waals surface area (Å²) in [6.07, 6.45) is 0. The van der Waals surface area contributed by atoms with Crippen LogP contribution in [0.4, 0.5) is 4.39 Å². The summed E-state index contributed by atoms with van der Waals surface area (Å²) < 4.78 is 13.0. The number of aliphatic hydroxyl groups is 1. The first-order valence-electron chi connectivity index (χ1n) is 5.83. The van der Waals surface area contributed by atoms with E-state index in [-0.39, 0.29) is 16.8 Å². The van der Waals surface area contributed by atoms with Crippen molar-refractivity contribution in [1.29, 1.82) is 0 Å². The quantitative estimate of drug-likeness (QED) is 0.815. The van der Waals surface area contributed by atoms with Crippen molar-refractivity contribution in [2.75, 3.05) is 0 Å². The van der Waals surface area contributed by atoms with Crippen LogP contribution >= 0.6 is 23.2 Å². The Morgan fingerprint density at radius 3 is 2.42 bits per heavy atom. The fourth-order valence-corrected chi connectivity index (χ4v) is 1.86. The van der Waals surface area contributed by atoms with Gasteiger partial charge in [-0.05, 0) is 35.9 Å². The van der Waals surface area contributed by atoms with Crippen LogP contribution in [0.15, 0.2) is 30.3 Å². The zero-order chi connectivity index (χ0) is 14.4. The second-order valence-corrected chi connectivity index (χ2v) is 4.26. The molecule has 0 unspecified atom stereocenters. The Morgan fingerprint density at radius 2 is 1.84 bits per heavy atom. The second-order valence-electron chi connectivity index (χ2n) is 3.47. The van der Waals surface area contributed by atoms with Gasteiger partial charge in [0, 0.05) is 5.56 Å².